The van der Waals surface area contributed by atoms with E-state index in [0.717, 1.165) is 30.9 Å². The molecule has 5 heteroatoms. The van der Waals surface area contributed by atoms with Crippen LogP contribution in [-0.4, -0.2) is 21.6 Å². The molecule has 0 radical (unpaired) electrons. The van der Waals surface area contributed by atoms with Gasteiger partial charge in [-0.2, -0.15) is 0 Å². The molecule has 4 nitrogen and oxygen atoms in total. The zero-order valence-corrected chi connectivity index (χ0v) is 12.1. The lowest BCUT2D eigenvalue weighted by Gasteiger charge is -2.17. The molecule has 19 heavy (non-hydrogen) atoms. The maximum atomic E-state index is 6.21. The normalized spacial score (nSPS) is 12.6. The largest absolute Gasteiger partial charge is 0.335 e. The monoisotopic (exact) mass is 278 g/mol. The van der Waals surface area contributed by atoms with Gasteiger partial charge in [-0.1, -0.05) is 18.5 Å². The van der Waals surface area contributed by atoms with Crippen molar-refractivity contribution in [2.45, 2.75) is 32.4 Å². The van der Waals surface area contributed by atoms with E-state index in [4.69, 9.17) is 11.6 Å². The number of nitrogens with zero attached hydrogens (tertiary/aromatic N) is 3. The summed E-state index contributed by atoms with van der Waals surface area (Å²) >= 11 is 6.21. The summed E-state index contributed by atoms with van der Waals surface area (Å²) < 4.78 is 2.18. The fourth-order valence-electron chi connectivity index (χ4n) is 2.15. The Morgan fingerprint density at radius 1 is 1.37 bits per heavy atom. The average molecular weight is 279 g/mol. The van der Waals surface area contributed by atoms with Gasteiger partial charge in [0, 0.05) is 31.6 Å². The van der Waals surface area contributed by atoms with Gasteiger partial charge in [-0.15, -0.1) is 0 Å². The highest BCUT2D eigenvalue weighted by Gasteiger charge is 2.17. The summed E-state index contributed by atoms with van der Waals surface area (Å²) in [5.41, 5.74) is 0.873. The van der Waals surface area contributed by atoms with E-state index in [-0.39, 0.29) is 6.04 Å². The van der Waals surface area contributed by atoms with E-state index in [9.17, 15) is 0 Å². The van der Waals surface area contributed by atoms with Crippen LogP contribution in [0, 0.1) is 0 Å². The number of pyridine rings is 1. The lowest BCUT2D eigenvalue weighted by molar-refractivity contribution is 0.533. The van der Waals surface area contributed by atoms with E-state index in [2.05, 4.69) is 26.8 Å². The Morgan fingerprint density at radius 3 is 2.89 bits per heavy atom. The molecule has 0 spiro atoms. The first kappa shape index (κ1) is 14.0. The maximum Gasteiger partial charge on any atom is 0.110 e. The van der Waals surface area contributed by atoms with Gasteiger partial charge in [-0.25, -0.2) is 4.98 Å². The number of aryl methyl sites for hydroxylation is 1. The SMILES string of the molecule is CCCn1ccnc1CC(NC)c1ncccc1Cl. The lowest BCUT2D eigenvalue weighted by atomic mass is 10.1. The summed E-state index contributed by atoms with van der Waals surface area (Å²) in [5.74, 6) is 1.06. The first-order chi connectivity index (χ1) is 9.26. The summed E-state index contributed by atoms with van der Waals surface area (Å²) in [6.07, 6.45) is 7.51. The maximum absolute atomic E-state index is 6.21. The standard InChI is InChI=1S/C14H19ClN4/c1-3-8-19-9-7-17-13(19)10-12(16-2)14-11(15)5-4-6-18-14/h4-7,9,12,16H,3,8,10H2,1-2H3. The van der Waals surface area contributed by atoms with Gasteiger partial charge in [0.15, 0.2) is 0 Å². The smallest absolute Gasteiger partial charge is 0.110 e. The van der Waals surface area contributed by atoms with Crippen LogP contribution in [0.15, 0.2) is 30.7 Å². The van der Waals surface area contributed by atoms with Crippen LogP contribution in [0.4, 0.5) is 0 Å². The Labute approximate surface area is 118 Å². The number of rotatable bonds is 6. The quantitative estimate of drug-likeness (QED) is 0.884. The predicted molar refractivity (Wildman–Crippen MR) is 77.3 cm³/mol. The molecular formula is C14H19ClN4. The molecule has 0 fully saturated rings. The minimum absolute atomic E-state index is 0.0757. The number of hydrogen-bond acceptors (Lipinski definition) is 3. The molecular weight excluding hydrogens is 260 g/mol. The molecule has 2 rings (SSSR count). The number of hydrogen-bond donors (Lipinski definition) is 1. The van der Waals surface area contributed by atoms with Crippen LogP contribution in [0.3, 0.4) is 0 Å². The van der Waals surface area contributed by atoms with E-state index in [1.807, 2.05) is 31.6 Å². The molecule has 1 unspecified atom stereocenters. The van der Waals surface area contributed by atoms with Crippen LogP contribution in [0.2, 0.25) is 5.02 Å². The molecule has 1 N–H and O–H groups in total. The van der Waals surface area contributed by atoms with Crippen molar-refractivity contribution in [1.29, 1.82) is 0 Å². The Morgan fingerprint density at radius 2 is 2.21 bits per heavy atom. The van der Waals surface area contributed by atoms with Crippen molar-refractivity contribution in [3.8, 4) is 0 Å². The Kier molecular flexibility index (Phi) is 4.93. The topological polar surface area (TPSA) is 42.7 Å². The second kappa shape index (κ2) is 6.68. The Hall–Kier alpha value is -1.39. The Bertz CT molecular complexity index is 524. The third-order valence-electron chi connectivity index (χ3n) is 3.12. The van der Waals surface area contributed by atoms with Crippen LogP contribution in [0.5, 0.6) is 0 Å². The van der Waals surface area contributed by atoms with Gasteiger partial charge in [-0.3, -0.25) is 4.98 Å². The van der Waals surface area contributed by atoms with Crippen LogP contribution in [-0.2, 0) is 13.0 Å². The number of nitrogens with one attached hydrogen (secondary N) is 1. The second-order valence-electron chi connectivity index (χ2n) is 4.45. The zero-order valence-electron chi connectivity index (χ0n) is 11.3. The van der Waals surface area contributed by atoms with E-state index in [1.165, 1.54) is 0 Å². The van der Waals surface area contributed by atoms with Gasteiger partial charge in [0.1, 0.15) is 5.82 Å². The number of imidazole rings is 1. The van der Waals surface area contributed by atoms with Crippen LogP contribution in [0.1, 0.15) is 30.9 Å². The molecule has 102 valence electrons. The highest BCUT2D eigenvalue weighted by Crippen LogP contribution is 2.22. The molecule has 0 amide bonds. The van der Waals surface area contributed by atoms with Crippen molar-refractivity contribution in [3.05, 3.63) is 47.3 Å². The molecule has 0 saturated carbocycles. The number of aromatic nitrogens is 3. The molecule has 0 saturated heterocycles. The minimum atomic E-state index is 0.0757. The molecule has 1 atom stereocenters. The third-order valence-corrected chi connectivity index (χ3v) is 3.44. The first-order valence-electron chi connectivity index (χ1n) is 6.54. The molecule has 2 aromatic rings. The van der Waals surface area contributed by atoms with Gasteiger partial charge in [-0.05, 0) is 25.6 Å². The van der Waals surface area contributed by atoms with Gasteiger partial charge in [0.2, 0.25) is 0 Å². The summed E-state index contributed by atoms with van der Waals surface area (Å²) in [6, 6.07) is 3.79. The molecule has 2 heterocycles. The van der Waals surface area contributed by atoms with Gasteiger partial charge in [0.25, 0.3) is 0 Å². The summed E-state index contributed by atoms with van der Waals surface area (Å²) in [5, 5.41) is 3.96. The first-order valence-corrected chi connectivity index (χ1v) is 6.91. The highest BCUT2D eigenvalue weighted by atomic mass is 35.5. The summed E-state index contributed by atoms with van der Waals surface area (Å²) in [4.78, 5) is 8.80. The molecule has 0 bridgehead atoms. The fraction of sp³-hybridized carbons (Fsp3) is 0.429. The third kappa shape index (κ3) is 3.33. The van der Waals surface area contributed by atoms with Crippen molar-refractivity contribution >= 4 is 11.6 Å². The Balaban J connectivity index is 2.19. The van der Waals surface area contributed by atoms with E-state index in [0.29, 0.717) is 5.02 Å². The molecule has 0 aromatic carbocycles. The van der Waals surface area contributed by atoms with E-state index < -0.39 is 0 Å². The van der Waals surface area contributed by atoms with E-state index in [1.54, 1.807) is 6.20 Å². The molecule has 0 aliphatic rings. The highest BCUT2D eigenvalue weighted by molar-refractivity contribution is 6.31. The second-order valence-corrected chi connectivity index (χ2v) is 4.86. The number of likely N-dealkylation sites (N-methyl/N-ethyl adjacent to an activating group) is 1. The van der Waals surface area contributed by atoms with Crippen molar-refractivity contribution in [2.24, 2.45) is 0 Å². The van der Waals surface area contributed by atoms with Crippen molar-refractivity contribution < 1.29 is 0 Å². The van der Waals surface area contributed by atoms with Gasteiger partial charge in [0.05, 0.1) is 16.8 Å². The van der Waals surface area contributed by atoms with Crippen LogP contribution < -0.4 is 5.32 Å². The molecule has 0 aliphatic heterocycles. The summed E-state index contributed by atoms with van der Waals surface area (Å²) in [6.45, 7) is 3.15. The number of halogens is 1. The lowest BCUT2D eigenvalue weighted by Crippen LogP contribution is -2.22. The molecule has 0 aliphatic carbocycles. The summed E-state index contributed by atoms with van der Waals surface area (Å²) in [7, 11) is 1.92. The van der Waals surface area contributed by atoms with Crippen molar-refractivity contribution in [2.75, 3.05) is 7.05 Å². The fourth-order valence-corrected chi connectivity index (χ4v) is 2.40. The van der Waals surface area contributed by atoms with Gasteiger partial charge < -0.3 is 9.88 Å². The van der Waals surface area contributed by atoms with E-state index >= 15 is 0 Å². The average Bonchev–Trinajstić information content (AvgIpc) is 2.85. The van der Waals surface area contributed by atoms with Crippen molar-refractivity contribution in [3.63, 3.8) is 0 Å². The van der Waals surface area contributed by atoms with Gasteiger partial charge >= 0.3 is 0 Å². The molecule has 2 aromatic heterocycles. The minimum Gasteiger partial charge on any atom is -0.335 e. The van der Waals surface area contributed by atoms with Crippen molar-refractivity contribution in [1.82, 2.24) is 19.9 Å². The van der Waals surface area contributed by atoms with Crippen LogP contribution >= 0.6 is 11.6 Å². The zero-order chi connectivity index (χ0) is 13.7. The van der Waals surface area contributed by atoms with Crippen LogP contribution in [0.25, 0.3) is 0 Å². The predicted octanol–water partition coefficient (Wildman–Crippen LogP) is 2.84.